The molecule has 0 fully saturated rings. The average molecular weight is 388 g/mol. The van der Waals surface area contributed by atoms with Crippen LogP contribution in [0.3, 0.4) is 0 Å². The largest absolute Gasteiger partial charge is 0.343 e. The Morgan fingerprint density at radius 2 is 1.41 bits per heavy atom. The van der Waals surface area contributed by atoms with Gasteiger partial charge in [0.1, 0.15) is 0 Å². The van der Waals surface area contributed by atoms with Crippen LogP contribution in [0.1, 0.15) is 72.6 Å². The number of rotatable bonds is 9. The minimum absolute atomic E-state index is 0. The van der Waals surface area contributed by atoms with E-state index in [-0.39, 0.29) is 65.4 Å². The Balaban J connectivity index is -0.000000980. The van der Waals surface area contributed by atoms with Gasteiger partial charge in [-0.15, -0.1) is 0 Å². The van der Waals surface area contributed by atoms with E-state index >= 15 is 0 Å². The molecule has 1 unspecified atom stereocenters. The molecular formula is C15H30Y2-2. The summed E-state index contributed by atoms with van der Waals surface area (Å²) in [6.07, 6.45) is 9.25. The van der Waals surface area contributed by atoms with Gasteiger partial charge in [-0.25, -0.2) is 0 Å². The summed E-state index contributed by atoms with van der Waals surface area (Å²) in [6, 6.07) is 0. The van der Waals surface area contributed by atoms with Crippen molar-refractivity contribution >= 4 is 0 Å². The van der Waals surface area contributed by atoms with Crippen LogP contribution in [0.2, 0.25) is 0 Å². The zero-order valence-electron chi connectivity index (χ0n) is 12.5. The molecule has 0 aromatic heterocycles. The van der Waals surface area contributed by atoms with E-state index in [4.69, 9.17) is 0 Å². The Bertz CT molecular complexity index is 135. The predicted octanol–water partition coefficient (Wildman–Crippen LogP) is 5.43. The normalized spacial score (nSPS) is 12.2. The molecule has 0 N–H and O–H groups in total. The van der Waals surface area contributed by atoms with Gasteiger partial charge in [-0.05, 0) is 5.92 Å². The van der Waals surface area contributed by atoms with Gasteiger partial charge in [0.2, 0.25) is 0 Å². The van der Waals surface area contributed by atoms with E-state index in [0.29, 0.717) is 0 Å². The van der Waals surface area contributed by atoms with Crippen molar-refractivity contribution in [3.05, 3.63) is 12.8 Å². The van der Waals surface area contributed by atoms with Gasteiger partial charge in [0.05, 0.1) is 0 Å². The van der Waals surface area contributed by atoms with Gasteiger partial charge in [0.25, 0.3) is 0 Å². The fourth-order valence-corrected chi connectivity index (χ4v) is 1.83. The zero-order chi connectivity index (χ0) is 11.7. The minimum atomic E-state index is 0. The van der Waals surface area contributed by atoms with E-state index in [1.807, 2.05) is 0 Å². The van der Waals surface area contributed by atoms with Crippen LogP contribution in [0.4, 0.5) is 0 Å². The fraction of sp³-hybridized carbons (Fsp3) is 0.867. The minimum Gasteiger partial charge on any atom is -0.343 e. The first kappa shape index (κ1) is 24.2. The molecule has 0 aliphatic rings. The summed E-state index contributed by atoms with van der Waals surface area (Å²) in [7, 11) is 0. The Hall–Kier alpha value is 2.21. The Kier molecular flexibility index (Phi) is 23.2. The summed E-state index contributed by atoms with van der Waals surface area (Å²) in [5, 5.41) is 0. The first-order valence-corrected chi connectivity index (χ1v) is 6.66. The van der Waals surface area contributed by atoms with Gasteiger partial charge in [-0.1, -0.05) is 52.4 Å². The van der Waals surface area contributed by atoms with E-state index in [0.717, 1.165) is 18.3 Å². The average Bonchev–Trinajstić information content (AvgIpc) is 2.17. The Labute approximate surface area is 161 Å². The molecule has 98 valence electrons. The van der Waals surface area contributed by atoms with Crippen LogP contribution in [-0.2, 0) is 65.4 Å². The van der Waals surface area contributed by atoms with Crippen molar-refractivity contribution in [1.29, 1.82) is 0 Å². The quantitative estimate of drug-likeness (QED) is 0.462. The molecule has 0 heterocycles. The monoisotopic (exact) mass is 388 g/mol. The van der Waals surface area contributed by atoms with Crippen molar-refractivity contribution in [2.24, 2.45) is 11.8 Å². The Morgan fingerprint density at radius 3 is 1.82 bits per heavy atom. The van der Waals surface area contributed by atoms with Crippen LogP contribution in [0.5, 0.6) is 0 Å². The van der Waals surface area contributed by atoms with Crippen LogP contribution in [0.25, 0.3) is 0 Å². The SMILES string of the molecule is [CH2-]CC(C)CCC[C-](C)CCCC(C)C.[Y].[Y]. The van der Waals surface area contributed by atoms with Crippen molar-refractivity contribution in [3.8, 4) is 0 Å². The van der Waals surface area contributed by atoms with Gasteiger partial charge in [-0.2, -0.15) is 26.2 Å². The second-order valence-electron chi connectivity index (χ2n) is 5.53. The van der Waals surface area contributed by atoms with Gasteiger partial charge < -0.3 is 12.8 Å². The molecule has 0 saturated heterocycles. The molecule has 0 bridgehead atoms. The number of hydrogen-bond acceptors (Lipinski definition) is 0. The van der Waals surface area contributed by atoms with E-state index < -0.39 is 0 Å². The van der Waals surface area contributed by atoms with Crippen molar-refractivity contribution < 1.29 is 65.4 Å². The standard InChI is InChI=1S/C15H30.2Y/c1-6-14(4)10-8-12-15(5)11-7-9-13(2)3;;/h13-14H,1,6-12H2,2-5H3;;/q-2;;. The molecule has 17 heavy (non-hydrogen) atoms. The summed E-state index contributed by atoms with van der Waals surface area (Å²) < 4.78 is 0. The van der Waals surface area contributed by atoms with Gasteiger partial charge in [0.15, 0.2) is 0 Å². The molecule has 2 radical (unpaired) electrons. The molecule has 0 aromatic rings. The maximum absolute atomic E-state index is 3.95. The van der Waals surface area contributed by atoms with Crippen LogP contribution < -0.4 is 0 Å². The second-order valence-corrected chi connectivity index (χ2v) is 5.53. The van der Waals surface area contributed by atoms with Crippen molar-refractivity contribution in [2.45, 2.75) is 72.6 Å². The first-order valence-electron chi connectivity index (χ1n) is 6.66. The summed E-state index contributed by atoms with van der Waals surface area (Å²) in [6.45, 7) is 13.2. The van der Waals surface area contributed by atoms with Gasteiger partial charge in [0, 0.05) is 65.4 Å². The summed E-state index contributed by atoms with van der Waals surface area (Å²) in [5.41, 5.74) is 0. The maximum Gasteiger partial charge on any atom is 0 e. The summed E-state index contributed by atoms with van der Waals surface area (Å²) in [4.78, 5) is 0. The molecule has 0 aliphatic heterocycles. The summed E-state index contributed by atoms with van der Waals surface area (Å²) >= 11 is 0. The van der Waals surface area contributed by atoms with Gasteiger partial charge >= 0.3 is 0 Å². The maximum atomic E-state index is 3.95. The third kappa shape index (κ3) is 18.2. The predicted molar refractivity (Wildman–Crippen MR) is 70.6 cm³/mol. The van der Waals surface area contributed by atoms with Crippen molar-refractivity contribution in [1.82, 2.24) is 0 Å². The Morgan fingerprint density at radius 1 is 0.941 bits per heavy atom. The zero-order valence-corrected chi connectivity index (χ0v) is 18.1. The molecule has 2 heteroatoms. The molecule has 0 rings (SSSR count). The molecule has 0 amide bonds. The van der Waals surface area contributed by atoms with Gasteiger partial charge in [-0.3, -0.25) is 0 Å². The van der Waals surface area contributed by atoms with Crippen LogP contribution in [-0.4, -0.2) is 0 Å². The van der Waals surface area contributed by atoms with Crippen molar-refractivity contribution in [2.75, 3.05) is 0 Å². The molecule has 0 aliphatic carbocycles. The first-order chi connectivity index (χ1) is 7.06. The molecule has 1 atom stereocenters. The van der Waals surface area contributed by atoms with E-state index in [1.165, 1.54) is 38.5 Å². The molecular weight excluding hydrogens is 358 g/mol. The molecule has 0 saturated carbocycles. The third-order valence-corrected chi connectivity index (χ3v) is 3.18. The summed E-state index contributed by atoms with van der Waals surface area (Å²) in [5.74, 6) is 3.38. The van der Waals surface area contributed by atoms with Crippen LogP contribution >= 0.6 is 0 Å². The molecule has 0 spiro atoms. The second kappa shape index (κ2) is 16.3. The van der Waals surface area contributed by atoms with E-state index in [2.05, 4.69) is 34.6 Å². The third-order valence-electron chi connectivity index (χ3n) is 3.18. The van der Waals surface area contributed by atoms with Crippen molar-refractivity contribution in [3.63, 3.8) is 0 Å². The fourth-order valence-electron chi connectivity index (χ4n) is 1.83. The van der Waals surface area contributed by atoms with E-state index in [1.54, 1.807) is 5.92 Å². The smallest absolute Gasteiger partial charge is 0 e. The van der Waals surface area contributed by atoms with Crippen LogP contribution in [0.15, 0.2) is 0 Å². The van der Waals surface area contributed by atoms with E-state index in [9.17, 15) is 0 Å². The number of hydrogen-bond donors (Lipinski definition) is 0. The van der Waals surface area contributed by atoms with Crippen LogP contribution in [0, 0.1) is 24.7 Å². The topological polar surface area (TPSA) is 0 Å². The molecule has 0 aromatic carbocycles. The molecule has 0 nitrogen and oxygen atoms in total.